The van der Waals surface area contributed by atoms with E-state index < -0.39 is 0 Å². The predicted molar refractivity (Wildman–Crippen MR) is 74.3 cm³/mol. The van der Waals surface area contributed by atoms with Crippen molar-refractivity contribution in [3.8, 4) is 10.4 Å². The molecule has 2 heterocycles. The molecule has 0 amide bonds. The molecule has 1 saturated heterocycles. The van der Waals surface area contributed by atoms with Gasteiger partial charge in [0.15, 0.2) is 0 Å². The SMILES string of the molecule is c1csc(-c2ccc(CN3CCCC3)cc2)c1. The molecule has 0 aliphatic carbocycles. The molecule has 1 nitrogen and oxygen atoms in total. The summed E-state index contributed by atoms with van der Waals surface area (Å²) in [5.41, 5.74) is 2.78. The first kappa shape index (κ1) is 11.0. The summed E-state index contributed by atoms with van der Waals surface area (Å²) in [6, 6.07) is 13.3. The maximum atomic E-state index is 2.54. The molecule has 1 fully saturated rings. The molecule has 0 spiro atoms. The Balaban J connectivity index is 1.71. The Bertz CT molecular complexity index is 452. The Labute approximate surface area is 107 Å². The molecule has 2 aromatic rings. The highest BCUT2D eigenvalue weighted by atomic mass is 32.1. The molecule has 2 heteroatoms. The van der Waals surface area contributed by atoms with Gasteiger partial charge < -0.3 is 0 Å². The molecule has 3 rings (SSSR count). The summed E-state index contributed by atoms with van der Waals surface area (Å²) in [6.45, 7) is 3.66. The van der Waals surface area contributed by atoms with Crippen molar-refractivity contribution in [3.63, 3.8) is 0 Å². The average molecular weight is 243 g/mol. The first-order valence-corrected chi connectivity index (χ1v) is 7.15. The van der Waals surface area contributed by atoms with E-state index >= 15 is 0 Å². The Kier molecular flexibility index (Phi) is 3.25. The number of thiophene rings is 1. The van der Waals surface area contributed by atoms with Crippen LogP contribution in [-0.4, -0.2) is 18.0 Å². The fraction of sp³-hybridized carbons (Fsp3) is 0.333. The summed E-state index contributed by atoms with van der Waals surface area (Å²) in [5, 5.41) is 2.13. The van der Waals surface area contributed by atoms with Gasteiger partial charge in [0.25, 0.3) is 0 Å². The number of hydrogen-bond donors (Lipinski definition) is 0. The number of likely N-dealkylation sites (tertiary alicyclic amines) is 1. The molecule has 0 atom stereocenters. The number of benzene rings is 1. The highest BCUT2D eigenvalue weighted by Crippen LogP contribution is 2.25. The molecule has 0 unspecified atom stereocenters. The molecule has 88 valence electrons. The van der Waals surface area contributed by atoms with Gasteiger partial charge in [0.2, 0.25) is 0 Å². The minimum atomic E-state index is 1.12. The first-order valence-electron chi connectivity index (χ1n) is 6.27. The van der Waals surface area contributed by atoms with E-state index in [0.717, 1.165) is 6.54 Å². The average Bonchev–Trinajstić information content (AvgIpc) is 3.01. The van der Waals surface area contributed by atoms with Gasteiger partial charge in [0, 0.05) is 11.4 Å². The van der Waals surface area contributed by atoms with Crippen LogP contribution in [0.15, 0.2) is 41.8 Å². The van der Waals surface area contributed by atoms with Crippen LogP contribution >= 0.6 is 11.3 Å². The van der Waals surface area contributed by atoms with Crippen LogP contribution in [0.1, 0.15) is 18.4 Å². The molecule has 1 aliphatic rings. The van der Waals surface area contributed by atoms with Crippen molar-refractivity contribution >= 4 is 11.3 Å². The van der Waals surface area contributed by atoms with Crippen LogP contribution < -0.4 is 0 Å². The zero-order valence-electron chi connectivity index (χ0n) is 9.93. The van der Waals surface area contributed by atoms with Crippen LogP contribution in [0.3, 0.4) is 0 Å². The van der Waals surface area contributed by atoms with Crippen molar-refractivity contribution in [2.24, 2.45) is 0 Å². The van der Waals surface area contributed by atoms with E-state index in [9.17, 15) is 0 Å². The van der Waals surface area contributed by atoms with E-state index in [-0.39, 0.29) is 0 Å². The lowest BCUT2D eigenvalue weighted by Gasteiger charge is -2.14. The van der Waals surface area contributed by atoms with Crippen LogP contribution in [-0.2, 0) is 6.54 Å². The zero-order chi connectivity index (χ0) is 11.5. The Morgan fingerprint density at radius 2 is 1.76 bits per heavy atom. The molecule has 0 N–H and O–H groups in total. The van der Waals surface area contributed by atoms with Gasteiger partial charge in [-0.2, -0.15) is 0 Å². The maximum absolute atomic E-state index is 2.54. The van der Waals surface area contributed by atoms with Crippen molar-refractivity contribution in [1.29, 1.82) is 0 Å². The second-order valence-electron chi connectivity index (χ2n) is 4.66. The third-order valence-electron chi connectivity index (χ3n) is 3.36. The highest BCUT2D eigenvalue weighted by Gasteiger charge is 2.11. The van der Waals surface area contributed by atoms with Crippen LogP contribution in [0.25, 0.3) is 10.4 Å². The van der Waals surface area contributed by atoms with Gasteiger partial charge in [-0.25, -0.2) is 0 Å². The van der Waals surface area contributed by atoms with Gasteiger partial charge in [0.05, 0.1) is 0 Å². The van der Waals surface area contributed by atoms with Crippen LogP contribution in [0, 0.1) is 0 Å². The van der Waals surface area contributed by atoms with Crippen LogP contribution in [0.5, 0.6) is 0 Å². The third kappa shape index (κ3) is 2.59. The largest absolute Gasteiger partial charge is 0.299 e. The lowest BCUT2D eigenvalue weighted by Crippen LogP contribution is -2.18. The Hall–Kier alpha value is -1.12. The summed E-state index contributed by atoms with van der Waals surface area (Å²) >= 11 is 1.80. The first-order chi connectivity index (χ1) is 8.42. The van der Waals surface area contributed by atoms with Gasteiger partial charge in [-0.05, 0) is 48.5 Å². The standard InChI is InChI=1S/C15H17NS/c1-2-10-16(9-1)12-13-5-7-14(8-6-13)15-4-3-11-17-15/h3-8,11H,1-2,9-10,12H2. The Morgan fingerprint density at radius 3 is 2.41 bits per heavy atom. The lowest BCUT2D eigenvalue weighted by molar-refractivity contribution is 0.331. The second-order valence-corrected chi connectivity index (χ2v) is 5.61. The highest BCUT2D eigenvalue weighted by molar-refractivity contribution is 7.13. The smallest absolute Gasteiger partial charge is 0.0342 e. The lowest BCUT2D eigenvalue weighted by atomic mass is 10.1. The van der Waals surface area contributed by atoms with E-state index in [1.165, 1.54) is 41.9 Å². The zero-order valence-corrected chi connectivity index (χ0v) is 10.7. The van der Waals surface area contributed by atoms with E-state index in [1.807, 2.05) is 0 Å². The number of rotatable bonds is 3. The quantitative estimate of drug-likeness (QED) is 0.787. The van der Waals surface area contributed by atoms with Crippen molar-refractivity contribution in [2.75, 3.05) is 13.1 Å². The molecule has 1 aliphatic heterocycles. The normalized spacial score (nSPS) is 16.5. The fourth-order valence-corrected chi connectivity index (χ4v) is 3.15. The molecule has 1 aromatic heterocycles. The molecule has 1 aromatic carbocycles. The van der Waals surface area contributed by atoms with E-state index in [0.29, 0.717) is 0 Å². The molecule has 0 saturated carbocycles. The molecule has 0 radical (unpaired) electrons. The van der Waals surface area contributed by atoms with Gasteiger partial charge >= 0.3 is 0 Å². The van der Waals surface area contributed by atoms with Crippen LogP contribution in [0.4, 0.5) is 0 Å². The maximum Gasteiger partial charge on any atom is 0.0342 e. The number of nitrogens with zero attached hydrogens (tertiary/aromatic N) is 1. The van der Waals surface area contributed by atoms with E-state index in [1.54, 1.807) is 11.3 Å². The predicted octanol–water partition coefficient (Wildman–Crippen LogP) is 4.01. The Morgan fingerprint density at radius 1 is 1.00 bits per heavy atom. The summed E-state index contributed by atoms with van der Waals surface area (Å²) < 4.78 is 0. The second kappa shape index (κ2) is 5.03. The topological polar surface area (TPSA) is 3.24 Å². The molecule has 17 heavy (non-hydrogen) atoms. The van der Waals surface area contributed by atoms with Gasteiger partial charge in [-0.1, -0.05) is 30.3 Å². The van der Waals surface area contributed by atoms with Gasteiger partial charge in [0.1, 0.15) is 0 Å². The van der Waals surface area contributed by atoms with Crippen molar-refractivity contribution in [3.05, 3.63) is 47.3 Å². The van der Waals surface area contributed by atoms with E-state index in [4.69, 9.17) is 0 Å². The van der Waals surface area contributed by atoms with Crippen molar-refractivity contribution in [1.82, 2.24) is 4.90 Å². The molecular formula is C15H17NS. The van der Waals surface area contributed by atoms with Gasteiger partial charge in [-0.15, -0.1) is 11.3 Å². The summed E-state index contributed by atoms with van der Waals surface area (Å²) in [7, 11) is 0. The summed E-state index contributed by atoms with van der Waals surface area (Å²) in [5.74, 6) is 0. The minimum Gasteiger partial charge on any atom is -0.299 e. The molecule has 0 bridgehead atoms. The fourth-order valence-electron chi connectivity index (χ4n) is 2.42. The van der Waals surface area contributed by atoms with Crippen LogP contribution in [0.2, 0.25) is 0 Å². The minimum absolute atomic E-state index is 1.12. The molecular weight excluding hydrogens is 226 g/mol. The van der Waals surface area contributed by atoms with Crippen molar-refractivity contribution in [2.45, 2.75) is 19.4 Å². The summed E-state index contributed by atoms with van der Waals surface area (Å²) in [6.07, 6.45) is 2.74. The van der Waals surface area contributed by atoms with E-state index in [2.05, 4.69) is 46.7 Å². The third-order valence-corrected chi connectivity index (χ3v) is 4.28. The van der Waals surface area contributed by atoms with Crippen molar-refractivity contribution < 1.29 is 0 Å². The number of hydrogen-bond acceptors (Lipinski definition) is 2. The monoisotopic (exact) mass is 243 g/mol. The van der Waals surface area contributed by atoms with Gasteiger partial charge in [-0.3, -0.25) is 4.90 Å². The summed E-state index contributed by atoms with van der Waals surface area (Å²) in [4.78, 5) is 3.90.